The Morgan fingerprint density at radius 2 is 1.90 bits per heavy atom. The smallest absolute Gasteiger partial charge is 0.280 e. The van der Waals surface area contributed by atoms with Gasteiger partial charge in [0.15, 0.2) is 5.03 Å². The number of ether oxygens (including phenoxy) is 1. The van der Waals surface area contributed by atoms with Gasteiger partial charge in [0.25, 0.3) is 10.0 Å². The first-order valence-corrected chi connectivity index (χ1v) is 10.9. The molecule has 0 bridgehead atoms. The van der Waals surface area contributed by atoms with Crippen LogP contribution in [0, 0.1) is 0 Å². The number of fused-ring (bicyclic) bond motifs is 1. The van der Waals surface area contributed by atoms with Crippen molar-refractivity contribution in [2.75, 3.05) is 17.6 Å². The second-order valence-corrected chi connectivity index (χ2v) is 8.58. The van der Waals surface area contributed by atoms with Crippen molar-refractivity contribution in [2.24, 2.45) is 7.05 Å². The van der Waals surface area contributed by atoms with Crippen LogP contribution in [0.3, 0.4) is 0 Å². The van der Waals surface area contributed by atoms with Gasteiger partial charge in [-0.25, -0.2) is 4.98 Å². The molecule has 3 N–H and O–H groups in total. The zero-order valence-electron chi connectivity index (χ0n) is 17.0. The fourth-order valence-electron chi connectivity index (χ4n) is 3.55. The Balaban J connectivity index is 1.71. The number of hydrogen-bond acceptors (Lipinski definition) is 5. The molecule has 0 saturated carbocycles. The van der Waals surface area contributed by atoms with Gasteiger partial charge in [0.05, 0.1) is 30.3 Å². The summed E-state index contributed by atoms with van der Waals surface area (Å²) in [6.45, 7) is 2.78. The largest absolute Gasteiger partial charge is 0.497 e. The minimum Gasteiger partial charge on any atom is -0.497 e. The number of nitrogen functional groups attached to an aromatic ring is 1. The molecule has 0 radical (unpaired) electrons. The lowest BCUT2D eigenvalue weighted by Gasteiger charge is -2.11. The Morgan fingerprint density at radius 1 is 1.17 bits per heavy atom. The average Bonchev–Trinajstić information content (AvgIpc) is 3.30. The Morgan fingerprint density at radius 3 is 2.50 bits per heavy atom. The van der Waals surface area contributed by atoms with Gasteiger partial charge >= 0.3 is 0 Å². The summed E-state index contributed by atoms with van der Waals surface area (Å²) in [5, 5.41) is 0.922. The molecule has 2 heterocycles. The Bertz CT molecular complexity index is 1320. The summed E-state index contributed by atoms with van der Waals surface area (Å²) in [5.74, 6) is 0.764. The number of anilines is 2. The molecule has 2 aromatic carbocycles. The fraction of sp³-hybridized carbons (Fsp3) is 0.190. The van der Waals surface area contributed by atoms with Gasteiger partial charge in [0.2, 0.25) is 0 Å². The number of nitrogens with one attached hydrogen (secondary N) is 1. The predicted molar refractivity (Wildman–Crippen MR) is 118 cm³/mol. The highest BCUT2D eigenvalue weighted by Crippen LogP contribution is 2.38. The van der Waals surface area contributed by atoms with E-state index in [2.05, 4.69) is 21.2 Å². The molecule has 0 aliphatic carbocycles. The second-order valence-electron chi connectivity index (χ2n) is 6.95. The van der Waals surface area contributed by atoms with Crippen LogP contribution in [0.15, 0.2) is 60.0 Å². The van der Waals surface area contributed by atoms with E-state index in [1.54, 1.807) is 30.9 Å². The third kappa shape index (κ3) is 3.37. The first kappa shape index (κ1) is 19.8. The number of rotatable bonds is 6. The van der Waals surface area contributed by atoms with Crippen molar-refractivity contribution in [1.29, 1.82) is 0 Å². The third-order valence-electron chi connectivity index (χ3n) is 4.99. The molecule has 30 heavy (non-hydrogen) atoms. The Labute approximate surface area is 175 Å². The van der Waals surface area contributed by atoms with E-state index in [0.29, 0.717) is 11.4 Å². The van der Waals surface area contributed by atoms with Crippen LogP contribution in [0.25, 0.3) is 22.2 Å². The lowest BCUT2D eigenvalue weighted by Crippen LogP contribution is -2.13. The number of imidazole rings is 1. The second kappa shape index (κ2) is 7.42. The number of aromatic nitrogens is 3. The SMILES string of the molecule is CCn1c(-c2ccc(NS(=O)(=O)c3cn(C)cn3)cc2)c(N)c2ccc(OC)cc21. The monoisotopic (exact) mass is 425 g/mol. The van der Waals surface area contributed by atoms with E-state index >= 15 is 0 Å². The molecule has 0 unspecified atom stereocenters. The Hall–Kier alpha value is -3.46. The van der Waals surface area contributed by atoms with E-state index < -0.39 is 10.0 Å². The summed E-state index contributed by atoms with van der Waals surface area (Å²) in [6.07, 6.45) is 2.89. The lowest BCUT2D eigenvalue weighted by atomic mass is 10.1. The van der Waals surface area contributed by atoms with E-state index in [1.165, 1.54) is 12.5 Å². The minimum atomic E-state index is -3.74. The van der Waals surface area contributed by atoms with Crippen LogP contribution in [0.5, 0.6) is 5.75 Å². The first-order valence-electron chi connectivity index (χ1n) is 9.41. The number of benzene rings is 2. The van der Waals surface area contributed by atoms with Gasteiger partial charge in [-0.2, -0.15) is 8.42 Å². The van der Waals surface area contributed by atoms with Crippen molar-refractivity contribution >= 4 is 32.3 Å². The molecule has 0 fully saturated rings. The van der Waals surface area contributed by atoms with Crippen molar-refractivity contribution < 1.29 is 13.2 Å². The van der Waals surface area contributed by atoms with Crippen LogP contribution in [0.2, 0.25) is 0 Å². The minimum absolute atomic E-state index is 0.0293. The average molecular weight is 426 g/mol. The standard InChI is InChI=1S/C21H23N5O3S/c1-4-26-18-11-16(29-3)9-10-17(18)20(22)21(26)14-5-7-15(8-6-14)24-30(27,28)19-12-25(2)13-23-19/h5-13,24H,4,22H2,1-3H3. The number of aryl methyl sites for hydroxylation is 2. The normalized spacial score (nSPS) is 11.7. The van der Waals surface area contributed by atoms with Crippen LogP contribution in [0.4, 0.5) is 11.4 Å². The molecule has 0 amide bonds. The van der Waals surface area contributed by atoms with Crippen molar-refractivity contribution in [3.8, 4) is 17.0 Å². The molecule has 0 saturated heterocycles. The molecule has 156 valence electrons. The maximum atomic E-state index is 12.5. The summed E-state index contributed by atoms with van der Waals surface area (Å²) in [6, 6.07) is 12.9. The summed E-state index contributed by atoms with van der Waals surface area (Å²) in [7, 11) is -0.395. The molecule has 4 aromatic rings. The van der Waals surface area contributed by atoms with Gasteiger partial charge < -0.3 is 19.6 Å². The van der Waals surface area contributed by atoms with E-state index in [1.807, 2.05) is 30.3 Å². The molecule has 0 spiro atoms. The predicted octanol–water partition coefficient (Wildman–Crippen LogP) is 3.45. The van der Waals surface area contributed by atoms with Crippen molar-refractivity contribution in [3.63, 3.8) is 0 Å². The van der Waals surface area contributed by atoms with E-state index in [-0.39, 0.29) is 5.03 Å². The maximum Gasteiger partial charge on any atom is 0.280 e. The van der Waals surface area contributed by atoms with Gasteiger partial charge in [0.1, 0.15) is 5.75 Å². The molecular weight excluding hydrogens is 402 g/mol. The maximum absolute atomic E-state index is 12.5. The number of sulfonamides is 1. The highest BCUT2D eigenvalue weighted by Gasteiger charge is 2.19. The van der Waals surface area contributed by atoms with Crippen molar-refractivity contribution in [3.05, 3.63) is 55.0 Å². The fourth-order valence-corrected chi connectivity index (χ4v) is 4.60. The summed E-state index contributed by atoms with van der Waals surface area (Å²) in [4.78, 5) is 3.90. The third-order valence-corrected chi connectivity index (χ3v) is 6.26. The van der Waals surface area contributed by atoms with Gasteiger partial charge in [-0.1, -0.05) is 12.1 Å². The number of hydrogen-bond donors (Lipinski definition) is 2. The van der Waals surface area contributed by atoms with Crippen LogP contribution < -0.4 is 15.2 Å². The molecule has 9 heteroatoms. The Kier molecular flexibility index (Phi) is 4.90. The van der Waals surface area contributed by atoms with Gasteiger partial charge in [0, 0.05) is 42.5 Å². The van der Waals surface area contributed by atoms with E-state index in [4.69, 9.17) is 10.5 Å². The van der Waals surface area contributed by atoms with Gasteiger partial charge in [-0.15, -0.1) is 0 Å². The number of methoxy groups -OCH3 is 1. The van der Waals surface area contributed by atoms with Crippen molar-refractivity contribution in [2.45, 2.75) is 18.5 Å². The molecule has 2 aromatic heterocycles. The summed E-state index contributed by atoms with van der Waals surface area (Å²) < 4.78 is 36.6. The highest BCUT2D eigenvalue weighted by atomic mass is 32.2. The number of nitrogens with two attached hydrogens (primary N) is 1. The summed E-state index contributed by atoms with van der Waals surface area (Å²) >= 11 is 0. The van der Waals surface area contributed by atoms with Gasteiger partial charge in [-0.3, -0.25) is 4.72 Å². The topological polar surface area (TPSA) is 104 Å². The quantitative estimate of drug-likeness (QED) is 0.492. The van der Waals surface area contributed by atoms with E-state index in [9.17, 15) is 8.42 Å². The van der Waals surface area contributed by atoms with Crippen LogP contribution in [-0.2, 0) is 23.6 Å². The first-order chi connectivity index (χ1) is 14.3. The number of nitrogens with zero attached hydrogens (tertiary/aromatic N) is 3. The molecular formula is C21H23N5O3S. The van der Waals surface area contributed by atoms with Crippen LogP contribution in [0.1, 0.15) is 6.92 Å². The highest BCUT2D eigenvalue weighted by molar-refractivity contribution is 7.92. The lowest BCUT2D eigenvalue weighted by molar-refractivity contribution is 0.415. The molecule has 0 atom stereocenters. The van der Waals surface area contributed by atoms with E-state index in [0.717, 1.165) is 34.5 Å². The zero-order valence-corrected chi connectivity index (χ0v) is 17.8. The molecule has 0 aliphatic heterocycles. The molecule has 8 nitrogen and oxygen atoms in total. The molecule has 0 aliphatic rings. The van der Waals surface area contributed by atoms with Gasteiger partial charge in [-0.05, 0) is 31.2 Å². The van der Waals surface area contributed by atoms with Crippen LogP contribution in [-0.4, -0.2) is 29.6 Å². The molecule has 4 rings (SSSR count). The van der Waals surface area contributed by atoms with Crippen molar-refractivity contribution in [1.82, 2.24) is 14.1 Å². The summed E-state index contributed by atoms with van der Waals surface area (Å²) in [5.41, 5.74) is 10.4. The zero-order chi connectivity index (χ0) is 21.5. The van der Waals surface area contributed by atoms with Crippen LogP contribution >= 0.6 is 0 Å².